The third-order valence-corrected chi connectivity index (χ3v) is 5.47. The molecular formula is C23H19NO5. The minimum absolute atomic E-state index is 0.0833. The van der Waals surface area contributed by atoms with E-state index in [0.717, 1.165) is 16.8 Å². The molecule has 2 aromatic carbocycles. The van der Waals surface area contributed by atoms with E-state index < -0.39 is 11.9 Å². The van der Waals surface area contributed by atoms with Gasteiger partial charge in [-0.1, -0.05) is 30.3 Å². The Balaban J connectivity index is 1.71. The quantitative estimate of drug-likeness (QED) is 0.810. The molecule has 0 unspecified atom stereocenters. The van der Waals surface area contributed by atoms with Crippen LogP contribution in [0.3, 0.4) is 0 Å². The van der Waals surface area contributed by atoms with Crippen molar-refractivity contribution in [1.82, 2.24) is 5.32 Å². The van der Waals surface area contributed by atoms with Crippen LogP contribution in [0.15, 0.2) is 59.3 Å². The molecule has 5 rings (SSSR count). The molecule has 6 nitrogen and oxygen atoms in total. The predicted molar refractivity (Wildman–Crippen MR) is 105 cm³/mol. The number of rotatable bonds is 3. The highest BCUT2D eigenvalue weighted by Crippen LogP contribution is 2.48. The summed E-state index contributed by atoms with van der Waals surface area (Å²) < 4.78 is 16.3. The Morgan fingerprint density at radius 1 is 1.14 bits per heavy atom. The maximum absolute atomic E-state index is 13.4. The van der Waals surface area contributed by atoms with Gasteiger partial charge in [-0.15, -0.1) is 0 Å². The van der Waals surface area contributed by atoms with Crippen LogP contribution in [0.1, 0.15) is 41.3 Å². The third-order valence-electron chi connectivity index (χ3n) is 5.47. The summed E-state index contributed by atoms with van der Waals surface area (Å²) in [7, 11) is 0. The summed E-state index contributed by atoms with van der Waals surface area (Å²) in [6.45, 7) is 4.01. The van der Waals surface area contributed by atoms with Crippen molar-refractivity contribution in [2.45, 2.75) is 19.8 Å². The van der Waals surface area contributed by atoms with Gasteiger partial charge in [0.15, 0.2) is 17.3 Å². The molecule has 1 aliphatic carbocycles. The van der Waals surface area contributed by atoms with Crippen molar-refractivity contribution in [2.24, 2.45) is 0 Å². The van der Waals surface area contributed by atoms with E-state index in [1.165, 1.54) is 0 Å². The summed E-state index contributed by atoms with van der Waals surface area (Å²) in [4.78, 5) is 26.2. The van der Waals surface area contributed by atoms with E-state index in [1.807, 2.05) is 49.4 Å². The largest absolute Gasteiger partial charge is 0.463 e. The second-order valence-corrected chi connectivity index (χ2v) is 7.09. The molecule has 0 spiro atoms. The van der Waals surface area contributed by atoms with Crippen LogP contribution in [0.5, 0.6) is 11.5 Å². The van der Waals surface area contributed by atoms with E-state index in [-0.39, 0.29) is 19.2 Å². The van der Waals surface area contributed by atoms with Gasteiger partial charge < -0.3 is 19.5 Å². The Morgan fingerprint density at radius 2 is 1.90 bits per heavy atom. The Bertz CT molecular complexity index is 1130. The van der Waals surface area contributed by atoms with Crippen LogP contribution in [-0.4, -0.2) is 25.2 Å². The van der Waals surface area contributed by atoms with Crippen molar-refractivity contribution in [1.29, 1.82) is 0 Å². The Morgan fingerprint density at radius 3 is 2.69 bits per heavy atom. The highest BCUT2D eigenvalue weighted by atomic mass is 16.7. The van der Waals surface area contributed by atoms with Gasteiger partial charge in [0.05, 0.1) is 17.9 Å². The number of carbonyl (C=O) groups is 2. The van der Waals surface area contributed by atoms with E-state index >= 15 is 0 Å². The molecular weight excluding hydrogens is 370 g/mol. The molecule has 2 aromatic rings. The lowest BCUT2D eigenvalue weighted by Crippen LogP contribution is -2.29. The van der Waals surface area contributed by atoms with E-state index in [9.17, 15) is 9.59 Å². The lowest BCUT2D eigenvalue weighted by molar-refractivity contribution is -0.138. The van der Waals surface area contributed by atoms with Crippen LogP contribution in [0.4, 0.5) is 0 Å². The molecule has 0 aromatic heterocycles. The Labute approximate surface area is 167 Å². The van der Waals surface area contributed by atoms with Gasteiger partial charge >= 0.3 is 5.97 Å². The van der Waals surface area contributed by atoms with Crippen LogP contribution < -0.4 is 14.8 Å². The SMILES string of the molecule is CCOC(=O)C1=C(C)NC2=C(C(=O)c3ccccc32)[C@@H]1c1ccc2c(c1)OCO2. The van der Waals surface area contributed by atoms with Gasteiger partial charge in [0.25, 0.3) is 0 Å². The first-order valence-electron chi connectivity index (χ1n) is 9.53. The molecule has 0 fully saturated rings. The van der Waals surface area contributed by atoms with Crippen molar-refractivity contribution in [3.63, 3.8) is 0 Å². The monoisotopic (exact) mass is 389 g/mol. The fourth-order valence-corrected chi connectivity index (χ4v) is 4.23. The van der Waals surface area contributed by atoms with Crippen LogP contribution >= 0.6 is 0 Å². The predicted octanol–water partition coefficient (Wildman–Crippen LogP) is 3.55. The van der Waals surface area contributed by atoms with Gasteiger partial charge in [0.2, 0.25) is 6.79 Å². The van der Waals surface area contributed by atoms with Gasteiger partial charge in [-0.05, 0) is 31.5 Å². The molecule has 0 saturated carbocycles. The van der Waals surface area contributed by atoms with Gasteiger partial charge in [0.1, 0.15) is 0 Å². The zero-order chi connectivity index (χ0) is 20.1. The number of esters is 1. The lowest BCUT2D eigenvalue weighted by atomic mass is 9.79. The molecule has 2 aliphatic heterocycles. The van der Waals surface area contributed by atoms with Gasteiger partial charge in [-0.2, -0.15) is 0 Å². The van der Waals surface area contributed by atoms with Crippen LogP contribution in [0, 0.1) is 0 Å². The van der Waals surface area contributed by atoms with Crippen molar-refractivity contribution in [3.05, 3.63) is 76.0 Å². The summed E-state index contributed by atoms with van der Waals surface area (Å²) in [5, 5.41) is 3.29. The minimum Gasteiger partial charge on any atom is -0.463 e. The molecule has 0 radical (unpaired) electrons. The number of ether oxygens (including phenoxy) is 3. The van der Waals surface area contributed by atoms with Crippen molar-refractivity contribution in [3.8, 4) is 11.5 Å². The van der Waals surface area contributed by atoms with E-state index in [1.54, 1.807) is 6.92 Å². The first kappa shape index (κ1) is 17.6. The lowest BCUT2D eigenvalue weighted by Gasteiger charge is -2.29. The molecule has 0 bridgehead atoms. The Hall–Kier alpha value is -3.54. The summed E-state index contributed by atoms with van der Waals surface area (Å²) in [5.41, 5.74) is 4.68. The molecule has 146 valence electrons. The number of allylic oxidation sites excluding steroid dienone is 2. The van der Waals surface area contributed by atoms with Gasteiger partial charge in [-0.3, -0.25) is 4.79 Å². The number of hydrogen-bond donors (Lipinski definition) is 1. The van der Waals surface area contributed by atoms with Crippen LogP contribution in [0.25, 0.3) is 5.70 Å². The van der Waals surface area contributed by atoms with Crippen molar-refractivity contribution < 1.29 is 23.8 Å². The van der Waals surface area contributed by atoms with E-state index in [2.05, 4.69) is 5.32 Å². The number of nitrogens with one attached hydrogen (secondary N) is 1. The zero-order valence-corrected chi connectivity index (χ0v) is 16.1. The third kappa shape index (κ3) is 2.56. The maximum Gasteiger partial charge on any atom is 0.336 e. The molecule has 0 saturated heterocycles. The number of hydrogen-bond acceptors (Lipinski definition) is 6. The highest BCUT2D eigenvalue weighted by molar-refractivity contribution is 6.23. The maximum atomic E-state index is 13.4. The minimum atomic E-state index is -0.556. The average molecular weight is 389 g/mol. The zero-order valence-electron chi connectivity index (χ0n) is 16.1. The first-order valence-corrected chi connectivity index (χ1v) is 9.53. The normalized spacial score (nSPS) is 19.1. The fourth-order valence-electron chi connectivity index (χ4n) is 4.23. The molecule has 2 heterocycles. The molecule has 3 aliphatic rings. The topological polar surface area (TPSA) is 73.9 Å². The summed E-state index contributed by atoms with van der Waals surface area (Å²) in [6, 6.07) is 13.0. The van der Waals surface area contributed by atoms with E-state index in [4.69, 9.17) is 14.2 Å². The molecule has 29 heavy (non-hydrogen) atoms. The number of fused-ring (bicyclic) bond motifs is 3. The standard InChI is InChI=1S/C23H19NO5/c1-3-27-23(26)18-12(2)24-21-14-6-4-5-7-15(14)22(25)20(21)19(18)13-8-9-16-17(10-13)29-11-28-16/h4-10,19,24H,3,11H2,1-2H3/t19-/m1/s1. The van der Waals surface area contributed by atoms with E-state index in [0.29, 0.717) is 33.9 Å². The van der Waals surface area contributed by atoms with Gasteiger partial charge in [0, 0.05) is 28.3 Å². The number of benzene rings is 2. The first-order chi connectivity index (χ1) is 14.1. The fraction of sp³-hybridized carbons (Fsp3) is 0.217. The molecule has 1 atom stereocenters. The van der Waals surface area contributed by atoms with Crippen molar-refractivity contribution in [2.75, 3.05) is 13.4 Å². The van der Waals surface area contributed by atoms with Crippen LogP contribution in [-0.2, 0) is 9.53 Å². The summed E-state index contributed by atoms with van der Waals surface area (Å²) in [5.74, 6) is 0.179. The molecule has 1 N–H and O–H groups in total. The van der Waals surface area contributed by atoms with Crippen molar-refractivity contribution >= 4 is 17.4 Å². The van der Waals surface area contributed by atoms with Gasteiger partial charge in [-0.25, -0.2) is 4.79 Å². The molecule has 0 amide bonds. The highest BCUT2D eigenvalue weighted by Gasteiger charge is 2.43. The summed E-state index contributed by atoms with van der Waals surface area (Å²) >= 11 is 0. The number of Topliss-reactive ketones (excluding diaryl/α,β-unsaturated/α-hetero) is 1. The number of carbonyl (C=O) groups excluding carboxylic acids is 2. The Kier molecular flexibility index (Phi) is 3.94. The number of ketones is 1. The van der Waals surface area contributed by atoms with Crippen LogP contribution in [0.2, 0.25) is 0 Å². The summed E-state index contributed by atoms with van der Waals surface area (Å²) in [6.07, 6.45) is 0. The average Bonchev–Trinajstić information content (AvgIpc) is 3.30. The molecule has 6 heteroatoms. The smallest absolute Gasteiger partial charge is 0.336 e. The second-order valence-electron chi connectivity index (χ2n) is 7.09. The second kappa shape index (κ2) is 6.51. The number of dihydropyridines is 1.